The summed E-state index contributed by atoms with van der Waals surface area (Å²) in [6.07, 6.45) is -3.82. The lowest BCUT2D eigenvalue weighted by Gasteiger charge is -2.08. The number of nitrogens with zero attached hydrogens (tertiary/aromatic N) is 3. The lowest BCUT2D eigenvalue weighted by molar-refractivity contribution is -0.144. The molecule has 2 aromatic carbocycles. The van der Waals surface area contributed by atoms with E-state index in [4.69, 9.17) is 0 Å². The van der Waals surface area contributed by atoms with Crippen molar-refractivity contribution in [1.29, 1.82) is 0 Å². The summed E-state index contributed by atoms with van der Waals surface area (Å²) < 4.78 is 77.5. The first-order valence-corrected chi connectivity index (χ1v) is 9.47. The molecule has 0 amide bonds. The summed E-state index contributed by atoms with van der Waals surface area (Å²) in [4.78, 5) is 3.46. The van der Waals surface area contributed by atoms with Crippen LogP contribution in [-0.2, 0) is 16.0 Å². The van der Waals surface area contributed by atoms with E-state index >= 15 is 0 Å². The smallest absolute Gasteiger partial charge is 0.224 e. The van der Waals surface area contributed by atoms with Crippen molar-refractivity contribution >= 4 is 9.84 Å². The fourth-order valence-corrected chi connectivity index (χ4v) is 3.06. The summed E-state index contributed by atoms with van der Waals surface area (Å²) >= 11 is 0. The van der Waals surface area contributed by atoms with Crippen LogP contribution in [0.4, 0.5) is 17.6 Å². The molecule has 3 rings (SSSR count). The highest BCUT2D eigenvalue weighted by Gasteiger charge is 2.37. The van der Waals surface area contributed by atoms with Gasteiger partial charge < -0.3 is 0 Å². The van der Waals surface area contributed by atoms with E-state index in [1.54, 1.807) is 6.92 Å². The van der Waals surface area contributed by atoms with Gasteiger partial charge in [0.2, 0.25) is 0 Å². The lowest BCUT2D eigenvalue weighted by atomic mass is 10.1. The molecular weight excluding hydrogens is 386 g/mol. The van der Waals surface area contributed by atoms with Gasteiger partial charge >= 0.3 is 6.18 Å². The maximum atomic E-state index is 14.2. The van der Waals surface area contributed by atoms with Gasteiger partial charge in [0.25, 0.3) is 5.82 Å². The minimum absolute atomic E-state index is 0.00861. The molecule has 0 bridgehead atoms. The summed E-state index contributed by atoms with van der Waals surface area (Å²) in [6, 6.07) is 8.99. The number of aryl methyl sites for hydroxylation is 1. The largest absolute Gasteiger partial charge is 0.453 e. The van der Waals surface area contributed by atoms with Crippen LogP contribution in [0.3, 0.4) is 0 Å². The Bertz CT molecular complexity index is 1100. The second-order valence-electron chi connectivity index (χ2n) is 5.92. The number of hydrogen-bond donors (Lipinski definition) is 0. The Kier molecular flexibility index (Phi) is 4.54. The zero-order chi connectivity index (χ0) is 20.0. The van der Waals surface area contributed by atoms with Crippen LogP contribution in [0.15, 0.2) is 47.4 Å². The van der Waals surface area contributed by atoms with E-state index in [1.807, 2.05) is 0 Å². The SMILES string of the molecule is Cc1ccc(F)c(-c2nc(C(F)(F)F)nn2-c2ccc(S(C)(=O)=O)cc2)c1. The first-order chi connectivity index (χ1) is 12.5. The summed E-state index contributed by atoms with van der Waals surface area (Å²) in [7, 11) is -3.48. The molecule has 27 heavy (non-hydrogen) atoms. The van der Waals surface area contributed by atoms with Crippen LogP contribution in [0.2, 0.25) is 0 Å². The Morgan fingerprint density at radius 1 is 1.04 bits per heavy atom. The molecule has 0 atom stereocenters. The van der Waals surface area contributed by atoms with E-state index in [9.17, 15) is 26.0 Å². The van der Waals surface area contributed by atoms with Crippen LogP contribution in [0.5, 0.6) is 0 Å². The van der Waals surface area contributed by atoms with E-state index in [-0.39, 0.29) is 22.0 Å². The number of sulfone groups is 1. The zero-order valence-electron chi connectivity index (χ0n) is 14.1. The number of halogens is 4. The van der Waals surface area contributed by atoms with E-state index < -0.39 is 27.7 Å². The molecular formula is C17H13F4N3O2S. The maximum Gasteiger partial charge on any atom is 0.453 e. The molecule has 0 saturated carbocycles. The molecule has 0 saturated heterocycles. The Labute approximate surface area is 152 Å². The number of benzene rings is 2. The van der Waals surface area contributed by atoms with Crippen LogP contribution in [0, 0.1) is 12.7 Å². The molecule has 5 nitrogen and oxygen atoms in total. The summed E-state index contributed by atoms with van der Waals surface area (Å²) in [5, 5.41) is 3.46. The maximum absolute atomic E-state index is 14.2. The van der Waals surface area contributed by atoms with E-state index in [1.165, 1.54) is 36.4 Å². The van der Waals surface area contributed by atoms with Crippen LogP contribution >= 0.6 is 0 Å². The molecule has 1 aromatic heterocycles. The van der Waals surface area contributed by atoms with Crippen LogP contribution < -0.4 is 0 Å². The zero-order valence-corrected chi connectivity index (χ0v) is 14.9. The first-order valence-electron chi connectivity index (χ1n) is 7.58. The molecule has 0 spiro atoms. The molecule has 0 aliphatic heterocycles. The summed E-state index contributed by atoms with van der Waals surface area (Å²) in [5.74, 6) is -2.52. The molecule has 142 valence electrons. The van der Waals surface area contributed by atoms with E-state index in [2.05, 4.69) is 10.1 Å². The standard InChI is InChI=1S/C17H13F4N3O2S/c1-10-3-8-14(18)13(9-10)15-22-16(17(19,20)21)23-24(15)11-4-6-12(7-5-11)27(2,25)26/h3-9H,1-2H3. The van der Waals surface area contributed by atoms with Gasteiger partial charge in [0.1, 0.15) is 5.82 Å². The highest BCUT2D eigenvalue weighted by Crippen LogP contribution is 2.31. The van der Waals surface area contributed by atoms with Crippen molar-refractivity contribution in [2.45, 2.75) is 18.0 Å². The minimum Gasteiger partial charge on any atom is -0.224 e. The highest BCUT2D eigenvalue weighted by molar-refractivity contribution is 7.90. The average molecular weight is 399 g/mol. The van der Waals surface area contributed by atoms with Crippen molar-refractivity contribution in [2.24, 2.45) is 0 Å². The van der Waals surface area contributed by atoms with Gasteiger partial charge in [-0.25, -0.2) is 22.5 Å². The predicted octanol–water partition coefficient (Wildman–Crippen LogP) is 3.80. The van der Waals surface area contributed by atoms with Gasteiger partial charge in [-0.15, -0.1) is 5.10 Å². The molecule has 1 heterocycles. The number of rotatable bonds is 3. The molecule has 0 aliphatic carbocycles. The Balaban J connectivity index is 2.23. The topological polar surface area (TPSA) is 64.8 Å². The van der Waals surface area contributed by atoms with Crippen molar-refractivity contribution < 1.29 is 26.0 Å². The van der Waals surface area contributed by atoms with Crippen molar-refractivity contribution in [1.82, 2.24) is 14.8 Å². The predicted molar refractivity (Wildman–Crippen MR) is 89.6 cm³/mol. The fraction of sp³-hybridized carbons (Fsp3) is 0.176. The van der Waals surface area contributed by atoms with E-state index in [0.717, 1.165) is 17.0 Å². The second kappa shape index (κ2) is 6.45. The minimum atomic E-state index is -4.83. The number of hydrogen-bond acceptors (Lipinski definition) is 4. The van der Waals surface area contributed by atoms with Gasteiger partial charge in [0.05, 0.1) is 16.1 Å². The van der Waals surface area contributed by atoms with Crippen LogP contribution in [0.1, 0.15) is 11.4 Å². The first kappa shape index (κ1) is 19.0. The molecule has 10 heteroatoms. The van der Waals surface area contributed by atoms with Crippen LogP contribution in [0.25, 0.3) is 17.1 Å². The molecule has 0 fully saturated rings. The fourth-order valence-electron chi connectivity index (χ4n) is 2.43. The van der Waals surface area contributed by atoms with Crippen molar-refractivity contribution in [2.75, 3.05) is 6.26 Å². The third-order valence-electron chi connectivity index (χ3n) is 3.73. The quantitative estimate of drug-likeness (QED) is 0.629. The van der Waals surface area contributed by atoms with Gasteiger partial charge in [0, 0.05) is 6.26 Å². The van der Waals surface area contributed by atoms with E-state index in [0.29, 0.717) is 5.56 Å². The van der Waals surface area contributed by atoms with Crippen molar-refractivity contribution in [3.05, 3.63) is 59.7 Å². The van der Waals surface area contributed by atoms with Gasteiger partial charge in [0.15, 0.2) is 15.7 Å². The normalized spacial score (nSPS) is 12.4. The number of aromatic nitrogens is 3. The molecule has 0 radical (unpaired) electrons. The molecule has 0 N–H and O–H groups in total. The second-order valence-corrected chi connectivity index (χ2v) is 7.93. The van der Waals surface area contributed by atoms with Crippen molar-refractivity contribution in [3.63, 3.8) is 0 Å². The van der Waals surface area contributed by atoms with Crippen LogP contribution in [-0.4, -0.2) is 29.4 Å². The highest BCUT2D eigenvalue weighted by atomic mass is 32.2. The Morgan fingerprint density at radius 3 is 2.22 bits per heavy atom. The van der Waals surface area contributed by atoms with Gasteiger partial charge in [-0.3, -0.25) is 0 Å². The number of alkyl halides is 3. The van der Waals surface area contributed by atoms with Gasteiger partial charge in [-0.05, 0) is 43.3 Å². The lowest BCUT2D eigenvalue weighted by Crippen LogP contribution is -2.08. The average Bonchev–Trinajstić information content (AvgIpc) is 3.02. The summed E-state index contributed by atoms with van der Waals surface area (Å²) in [6.45, 7) is 1.66. The Hall–Kier alpha value is -2.75. The molecule has 0 unspecified atom stereocenters. The summed E-state index contributed by atoms with van der Waals surface area (Å²) in [5.41, 5.74) is 0.591. The van der Waals surface area contributed by atoms with Gasteiger partial charge in [-0.1, -0.05) is 11.6 Å². The van der Waals surface area contributed by atoms with Gasteiger partial charge in [-0.2, -0.15) is 13.2 Å². The molecule has 3 aromatic rings. The monoisotopic (exact) mass is 399 g/mol. The van der Waals surface area contributed by atoms with Crippen molar-refractivity contribution in [3.8, 4) is 17.1 Å². The molecule has 0 aliphatic rings. The third-order valence-corrected chi connectivity index (χ3v) is 4.86. The third kappa shape index (κ3) is 3.85. The Morgan fingerprint density at radius 2 is 1.67 bits per heavy atom.